The summed E-state index contributed by atoms with van der Waals surface area (Å²) in [6, 6.07) is 10.2. The maximum absolute atomic E-state index is 5.91. The Morgan fingerprint density at radius 2 is 1.35 bits per heavy atom. The van der Waals surface area contributed by atoms with E-state index in [-0.39, 0.29) is 0 Å². The van der Waals surface area contributed by atoms with Gasteiger partial charge in [0.2, 0.25) is 0 Å². The molecular weight excluding hydrogens is 208 g/mol. The summed E-state index contributed by atoms with van der Waals surface area (Å²) in [5.74, 6) is 0. The van der Waals surface area contributed by atoms with Crippen molar-refractivity contribution >= 4 is 11.4 Å². The van der Waals surface area contributed by atoms with E-state index in [4.69, 9.17) is 11.5 Å². The fourth-order valence-corrected chi connectivity index (χ4v) is 2.12. The van der Waals surface area contributed by atoms with Gasteiger partial charge in [0.25, 0.3) is 0 Å². The van der Waals surface area contributed by atoms with E-state index < -0.39 is 0 Å². The maximum Gasteiger partial charge on any atom is 0.0346 e. The van der Waals surface area contributed by atoms with Gasteiger partial charge in [-0.1, -0.05) is 6.07 Å². The topological polar surface area (TPSA) is 52.0 Å². The van der Waals surface area contributed by atoms with Gasteiger partial charge in [-0.25, -0.2) is 0 Å². The minimum Gasteiger partial charge on any atom is -0.399 e. The molecule has 2 nitrogen and oxygen atoms in total. The highest BCUT2D eigenvalue weighted by Gasteiger charge is 2.07. The third kappa shape index (κ3) is 2.11. The molecule has 88 valence electrons. The van der Waals surface area contributed by atoms with Crippen molar-refractivity contribution in [1.29, 1.82) is 0 Å². The fraction of sp³-hybridized carbons (Fsp3) is 0.200. The average Bonchev–Trinajstić information content (AvgIpc) is 2.24. The molecule has 0 bridgehead atoms. The molecule has 0 aliphatic rings. The van der Waals surface area contributed by atoms with E-state index in [9.17, 15) is 0 Å². The molecule has 0 fully saturated rings. The maximum atomic E-state index is 5.91. The zero-order valence-electron chi connectivity index (χ0n) is 10.5. The Balaban J connectivity index is 2.64. The van der Waals surface area contributed by atoms with Gasteiger partial charge in [0.1, 0.15) is 0 Å². The molecule has 2 aromatic rings. The van der Waals surface area contributed by atoms with Crippen LogP contribution in [-0.4, -0.2) is 0 Å². The molecule has 17 heavy (non-hydrogen) atoms. The lowest BCUT2D eigenvalue weighted by molar-refractivity contribution is 1.37. The Bertz CT molecular complexity index is 571. The van der Waals surface area contributed by atoms with E-state index in [1.54, 1.807) is 0 Å². The first-order valence-electron chi connectivity index (χ1n) is 5.72. The molecule has 0 saturated heterocycles. The molecule has 0 aliphatic carbocycles. The Kier molecular flexibility index (Phi) is 2.80. The largest absolute Gasteiger partial charge is 0.399 e. The van der Waals surface area contributed by atoms with Crippen molar-refractivity contribution in [3.63, 3.8) is 0 Å². The third-order valence-corrected chi connectivity index (χ3v) is 3.15. The van der Waals surface area contributed by atoms with Crippen LogP contribution in [0.1, 0.15) is 16.7 Å². The SMILES string of the molecule is Cc1cc(-c2ccc(N)cc2C)c(C)cc1N. The lowest BCUT2D eigenvalue weighted by Gasteiger charge is -2.12. The van der Waals surface area contributed by atoms with Crippen molar-refractivity contribution in [3.05, 3.63) is 47.0 Å². The highest BCUT2D eigenvalue weighted by Crippen LogP contribution is 2.30. The summed E-state index contributed by atoms with van der Waals surface area (Å²) in [6.07, 6.45) is 0. The van der Waals surface area contributed by atoms with E-state index in [1.165, 1.54) is 22.3 Å². The van der Waals surface area contributed by atoms with E-state index in [0.29, 0.717) is 0 Å². The highest BCUT2D eigenvalue weighted by atomic mass is 14.6. The quantitative estimate of drug-likeness (QED) is 0.732. The molecule has 0 spiro atoms. The van der Waals surface area contributed by atoms with Crippen LogP contribution >= 0.6 is 0 Å². The van der Waals surface area contributed by atoms with Crippen molar-refractivity contribution in [2.45, 2.75) is 20.8 Å². The first-order chi connectivity index (χ1) is 7.99. The van der Waals surface area contributed by atoms with E-state index in [2.05, 4.69) is 26.0 Å². The van der Waals surface area contributed by atoms with Crippen LogP contribution < -0.4 is 11.5 Å². The number of aryl methyl sites for hydroxylation is 3. The summed E-state index contributed by atoms with van der Waals surface area (Å²) >= 11 is 0. The molecule has 0 amide bonds. The second-order valence-electron chi connectivity index (χ2n) is 4.60. The van der Waals surface area contributed by atoms with E-state index in [1.807, 2.05) is 25.1 Å². The summed E-state index contributed by atoms with van der Waals surface area (Å²) in [4.78, 5) is 0. The molecule has 2 aromatic carbocycles. The molecular formula is C15H18N2. The van der Waals surface area contributed by atoms with Gasteiger partial charge >= 0.3 is 0 Å². The molecule has 0 atom stereocenters. The Hall–Kier alpha value is -1.96. The smallest absolute Gasteiger partial charge is 0.0346 e. The normalized spacial score (nSPS) is 10.5. The Morgan fingerprint density at radius 1 is 0.706 bits per heavy atom. The molecule has 2 heteroatoms. The van der Waals surface area contributed by atoms with Crippen LogP contribution in [0, 0.1) is 20.8 Å². The zero-order valence-corrected chi connectivity index (χ0v) is 10.5. The van der Waals surface area contributed by atoms with Gasteiger partial charge in [0, 0.05) is 11.4 Å². The van der Waals surface area contributed by atoms with Crippen LogP contribution in [0.2, 0.25) is 0 Å². The molecule has 0 aromatic heterocycles. The van der Waals surface area contributed by atoms with Crippen LogP contribution in [0.15, 0.2) is 30.3 Å². The van der Waals surface area contributed by atoms with Crippen LogP contribution in [-0.2, 0) is 0 Å². The van der Waals surface area contributed by atoms with Crippen LogP contribution in [0.25, 0.3) is 11.1 Å². The first kappa shape index (κ1) is 11.5. The molecule has 0 saturated carbocycles. The second-order valence-corrected chi connectivity index (χ2v) is 4.60. The van der Waals surface area contributed by atoms with Crippen molar-refractivity contribution in [3.8, 4) is 11.1 Å². The van der Waals surface area contributed by atoms with Crippen molar-refractivity contribution in [2.75, 3.05) is 11.5 Å². The van der Waals surface area contributed by atoms with Crippen molar-refractivity contribution in [2.24, 2.45) is 0 Å². The molecule has 2 rings (SSSR count). The summed E-state index contributed by atoms with van der Waals surface area (Å²) < 4.78 is 0. The summed E-state index contributed by atoms with van der Waals surface area (Å²) in [7, 11) is 0. The van der Waals surface area contributed by atoms with Gasteiger partial charge in [0.15, 0.2) is 0 Å². The average molecular weight is 226 g/mol. The number of hydrogen-bond acceptors (Lipinski definition) is 2. The minimum atomic E-state index is 0.802. The predicted octanol–water partition coefficient (Wildman–Crippen LogP) is 3.44. The lowest BCUT2D eigenvalue weighted by Crippen LogP contribution is -1.95. The summed E-state index contributed by atoms with van der Waals surface area (Å²) in [5, 5.41) is 0. The summed E-state index contributed by atoms with van der Waals surface area (Å²) in [6.45, 7) is 6.20. The van der Waals surface area contributed by atoms with Gasteiger partial charge in [-0.2, -0.15) is 0 Å². The molecule has 0 aliphatic heterocycles. The first-order valence-corrected chi connectivity index (χ1v) is 5.72. The zero-order chi connectivity index (χ0) is 12.6. The number of rotatable bonds is 1. The van der Waals surface area contributed by atoms with Gasteiger partial charge in [-0.05, 0) is 72.9 Å². The molecule has 0 radical (unpaired) electrons. The lowest BCUT2D eigenvalue weighted by atomic mass is 9.94. The molecule has 0 unspecified atom stereocenters. The summed E-state index contributed by atoms with van der Waals surface area (Å²) in [5.41, 5.74) is 19.3. The Morgan fingerprint density at radius 3 is 2.00 bits per heavy atom. The molecule has 4 N–H and O–H groups in total. The monoisotopic (exact) mass is 226 g/mol. The Labute approximate surface area is 102 Å². The standard InChI is InChI=1S/C15H18N2/c1-9-6-12(16)4-5-13(9)14-7-11(3)15(17)8-10(14)2/h4-8H,16-17H2,1-3H3. The van der Waals surface area contributed by atoms with Gasteiger partial charge in [-0.15, -0.1) is 0 Å². The fourth-order valence-electron chi connectivity index (χ4n) is 2.12. The predicted molar refractivity (Wildman–Crippen MR) is 74.9 cm³/mol. The van der Waals surface area contributed by atoms with E-state index in [0.717, 1.165) is 16.9 Å². The number of anilines is 2. The second kappa shape index (κ2) is 4.13. The number of nitrogens with two attached hydrogens (primary N) is 2. The van der Waals surface area contributed by atoms with E-state index >= 15 is 0 Å². The van der Waals surface area contributed by atoms with Crippen LogP contribution in [0.3, 0.4) is 0 Å². The highest BCUT2D eigenvalue weighted by molar-refractivity contribution is 5.75. The number of nitrogen functional groups attached to an aromatic ring is 2. The van der Waals surface area contributed by atoms with Crippen molar-refractivity contribution < 1.29 is 0 Å². The number of hydrogen-bond donors (Lipinski definition) is 2. The van der Waals surface area contributed by atoms with Gasteiger partial charge < -0.3 is 11.5 Å². The molecule has 0 heterocycles. The van der Waals surface area contributed by atoms with Gasteiger partial charge in [-0.3, -0.25) is 0 Å². The van der Waals surface area contributed by atoms with Crippen LogP contribution in [0.5, 0.6) is 0 Å². The van der Waals surface area contributed by atoms with Gasteiger partial charge in [0.05, 0.1) is 0 Å². The van der Waals surface area contributed by atoms with Crippen molar-refractivity contribution in [1.82, 2.24) is 0 Å². The number of benzene rings is 2. The third-order valence-electron chi connectivity index (χ3n) is 3.15. The minimum absolute atomic E-state index is 0.802. The van der Waals surface area contributed by atoms with Crippen LogP contribution in [0.4, 0.5) is 11.4 Å².